The molecule has 0 radical (unpaired) electrons. The van der Waals surface area contributed by atoms with Crippen molar-refractivity contribution < 1.29 is 9.84 Å². The summed E-state index contributed by atoms with van der Waals surface area (Å²) in [6.45, 7) is 6.93. The van der Waals surface area contributed by atoms with Crippen molar-refractivity contribution in [2.45, 2.75) is 39.2 Å². The van der Waals surface area contributed by atoms with Crippen molar-refractivity contribution in [1.29, 1.82) is 0 Å². The first-order valence-corrected chi connectivity index (χ1v) is 5.96. The largest absolute Gasteiger partial charge is 0.494 e. The molecule has 0 aromatic heterocycles. The van der Waals surface area contributed by atoms with Crippen LogP contribution in [0.15, 0.2) is 24.3 Å². The lowest BCUT2D eigenvalue weighted by molar-refractivity contribution is -0.0625. The van der Waals surface area contributed by atoms with Gasteiger partial charge >= 0.3 is 0 Å². The number of ether oxygens (including phenoxy) is 1. The van der Waals surface area contributed by atoms with Crippen molar-refractivity contribution in [3.05, 3.63) is 29.8 Å². The summed E-state index contributed by atoms with van der Waals surface area (Å²) in [5, 5.41) is 9.75. The second-order valence-corrected chi connectivity index (χ2v) is 5.13. The van der Waals surface area contributed by atoms with Gasteiger partial charge in [0.25, 0.3) is 0 Å². The van der Waals surface area contributed by atoms with Gasteiger partial charge < -0.3 is 9.84 Å². The van der Waals surface area contributed by atoms with Crippen LogP contribution < -0.4 is 4.74 Å². The van der Waals surface area contributed by atoms with E-state index >= 15 is 0 Å². The fourth-order valence-corrected chi connectivity index (χ4v) is 2.46. The summed E-state index contributed by atoms with van der Waals surface area (Å²) in [4.78, 5) is 0. The van der Waals surface area contributed by atoms with Gasteiger partial charge in [0, 0.05) is 0 Å². The molecule has 16 heavy (non-hydrogen) atoms. The maximum absolute atomic E-state index is 9.75. The monoisotopic (exact) mass is 220 g/mol. The first-order chi connectivity index (χ1) is 7.55. The van der Waals surface area contributed by atoms with E-state index in [9.17, 15) is 5.11 Å². The predicted molar refractivity (Wildman–Crippen MR) is 64.8 cm³/mol. The van der Waals surface area contributed by atoms with E-state index < -0.39 is 0 Å². The smallest absolute Gasteiger partial charge is 0.119 e. The molecule has 1 saturated carbocycles. The summed E-state index contributed by atoms with van der Waals surface area (Å²) < 4.78 is 5.50. The molecule has 2 nitrogen and oxygen atoms in total. The molecule has 1 aliphatic rings. The number of rotatable bonds is 3. The summed E-state index contributed by atoms with van der Waals surface area (Å²) in [6, 6.07) is 8.23. The van der Waals surface area contributed by atoms with Gasteiger partial charge in [-0.1, -0.05) is 26.0 Å². The fraction of sp³-hybridized carbons (Fsp3) is 0.571. The molecule has 0 bridgehead atoms. The maximum Gasteiger partial charge on any atom is 0.119 e. The molecule has 1 N–H and O–H groups in total. The van der Waals surface area contributed by atoms with Crippen molar-refractivity contribution in [2.24, 2.45) is 5.41 Å². The van der Waals surface area contributed by atoms with Crippen molar-refractivity contribution in [3.63, 3.8) is 0 Å². The maximum atomic E-state index is 9.75. The zero-order valence-electron chi connectivity index (χ0n) is 10.2. The van der Waals surface area contributed by atoms with Crippen LogP contribution in [0, 0.1) is 5.41 Å². The van der Waals surface area contributed by atoms with Crippen LogP contribution in [0.1, 0.15) is 38.7 Å². The van der Waals surface area contributed by atoms with E-state index in [2.05, 4.69) is 26.0 Å². The summed E-state index contributed by atoms with van der Waals surface area (Å²) in [7, 11) is 0. The Hall–Kier alpha value is -1.02. The van der Waals surface area contributed by atoms with Crippen LogP contribution in [0.2, 0.25) is 0 Å². The van der Waals surface area contributed by atoms with Crippen molar-refractivity contribution in [1.82, 2.24) is 0 Å². The van der Waals surface area contributed by atoms with Gasteiger partial charge in [0.15, 0.2) is 0 Å². The molecule has 0 saturated heterocycles. The molecular weight excluding hydrogens is 200 g/mol. The lowest BCUT2D eigenvalue weighted by atomic mass is 9.58. The Bertz CT molecular complexity index is 371. The number of benzene rings is 1. The average Bonchev–Trinajstić information content (AvgIpc) is 2.26. The molecule has 2 heteroatoms. The first-order valence-electron chi connectivity index (χ1n) is 5.96. The zero-order chi connectivity index (χ0) is 11.8. The highest BCUT2D eigenvalue weighted by molar-refractivity contribution is 5.34. The van der Waals surface area contributed by atoms with Gasteiger partial charge in [0.2, 0.25) is 0 Å². The molecule has 88 valence electrons. The highest BCUT2D eigenvalue weighted by Crippen LogP contribution is 2.52. The van der Waals surface area contributed by atoms with Crippen LogP contribution in [0.5, 0.6) is 5.75 Å². The molecule has 2 atom stereocenters. The van der Waals surface area contributed by atoms with Gasteiger partial charge in [-0.25, -0.2) is 0 Å². The Morgan fingerprint density at radius 1 is 1.44 bits per heavy atom. The summed E-state index contributed by atoms with van der Waals surface area (Å²) >= 11 is 0. The van der Waals surface area contributed by atoms with Crippen molar-refractivity contribution in [2.75, 3.05) is 6.61 Å². The van der Waals surface area contributed by atoms with E-state index in [-0.39, 0.29) is 11.5 Å². The van der Waals surface area contributed by atoms with Gasteiger partial charge in [-0.15, -0.1) is 0 Å². The van der Waals surface area contributed by atoms with Gasteiger partial charge in [0.05, 0.1) is 12.7 Å². The minimum absolute atomic E-state index is 0.00909. The van der Waals surface area contributed by atoms with E-state index in [1.165, 1.54) is 5.56 Å². The van der Waals surface area contributed by atoms with Gasteiger partial charge in [0.1, 0.15) is 5.75 Å². The summed E-state index contributed by atoms with van der Waals surface area (Å²) in [5.74, 6) is 1.38. The molecule has 2 unspecified atom stereocenters. The Morgan fingerprint density at radius 2 is 2.19 bits per heavy atom. The van der Waals surface area contributed by atoms with E-state index in [1.54, 1.807) is 0 Å². The van der Waals surface area contributed by atoms with E-state index in [0.717, 1.165) is 12.2 Å². The first kappa shape index (κ1) is 11.5. The van der Waals surface area contributed by atoms with Crippen LogP contribution in [0.4, 0.5) is 0 Å². The minimum Gasteiger partial charge on any atom is -0.494 e. The Morgan fingerprint density at radius 3 is 2.75 bits per heavy atom. The third-order valence-electron chi connectivity index (χ3n) is 3.79. The number of aliphatic hydroxyl groups is 1. The average molecular weight is 220 g/mol. The number of hydrogen-bond donors (Lipinski definition) is 1. The summed E-state index contributed by atoms with van der Waals surface area (Å²) in [6.07, 6.45) is 0.691. The second kappa shape index (κ2) is 4.10. The highest BCUT2D eigenvalue weighted by Gasteiger charge is 2.47. The van der Waals surface area contributed by atoms with Crippen LogP contribution in [0.25, 0.3) is 0 Å². The quantitative estimate of drug-likeness (QED) is 0.848. The molecule has 1 aromatic rings. The van der Waals surface area contributed by atoms with Crippen molar-refractivity contribution >= 4 is 0 Å². The van der Waals surface area contributed by atoms with Crippen LogP contribution in [0.3, 0.4) is 0 Å². The molecule has 0 heterocycles. The standard InChI is InChI=1S/C14H20O2/c1-4-16-11-7-5-6-10(8-11)12-9-13(15)14(12,2)3/h5-8,12-13,15H,4,9H2,1-3H3. The van der Waals surface area contributed by atoms with Crippen molar-refractivity contribution in [3.8, 4) is 5.75 Å². The molecule has 1 aromatic carbocycles. The number of aliphatic hydroxyl groups excluding tert-OH is 1. The third-order valence-corrected chi connectivity index (χ3v) is 3.79. The van der Waals surface area contributed by atoms with E-state index in [4.69, 9.17) is 4.74 Å². The number of hydrogen-bond acceptors (Lipinski definition) is 2. The van der Waals surface area contributed by atoms with Crippen LogP contribution in [-0.2, 0) is 0 Å². The summed E-state index contributed by atoms with van der Waals surface area (Å²) in [5.41, 5.74) is 1.27. The molecular formula is C14H20O2. The Balaban J connectivity index is 2.19. The van der Waals surface area contributed by atoms with Crippen LogP contribution in [-0.4, -0.2) is 17.8 Å². The van der Waals surface area contributed by atoms with E-state index in [0.29, 0.717) is 12.5 Å². The third kappa shape index (κ3) is 1.82. The van der Waals surface area contributed by atoms with Crippen LogP contribution >= 0.6 is 0 Å². The highest BCUT2D eigenvalue weighted by atomic mass is 16.5. The molecule has 0 spiro atoms. The molecule has 0 amide bonds. The lowest BCUT2D eigenvalue weighted by Crippen LogP contribution is -2.47. The van der Waals surface area contributed by atoms with Gasteiger partial charge in [-0.05, 0) is 42.4 Å². The fourth-order valence-electron chi connectivity index (χ4n) is 2.46. The predicted octanol–water partition coefficient (Wildman–Crippen LogP) is 2.96. The second-order valence-electron chi connectivity index (χ2n) is 5.13. The molecule has 2 rings (SSSR count). The Labute approximate surface area is 97.3 Å². The SMILES string of the molecule is CCOc1cccc(C2CC(O)C2(C)C)c1. The lowest BCUT2D eigenvalue weighted by Gasteiger charge is -2.49. The van der Waals surface area contributed by atoms with Gasteiger partial charge in [-0.2, -0.15) is 0 Å². The molecule has 0 aliphatic heterocycles. The van der Waals surface area contributed by atoms with Gasteiger partial charge in [-0.3, -0.25) is 0 Å². The molecule has 1 aliphatic carbocycles. The van der Waals surface area contributed by atoms with E-state index in [1.807, 2.05) is 19.1 Å². The minimum atomic E-state index is -0.173. The Kier molecular flexibility index (Phi) is 2.94. The normalized spacial score (nSPS) is 27.2. The zero-order valence-corrected chi connectivity index (χ0v) is 10.2. The molecule has 1 fully saturated rings. The topological polar surface area (TPSA) is 29.5 Å².